The van der Waals surface area contributed by atoms with Crippen LogP contribution >= 0.6 is 0 Å². The molecule has 0 fully saturated rings. The van der Waals surface area contributed by atoms with Crippen LogP contribution in [-0.4, -0.2) is 27.1 Å². The van der Waals surface area contributed by atoms with Crippen LogP contribution in [0.1, 0.15) is 42.5 Å². The fraction of sp³-hybridized carbons (Fsp3) is 0.182. The van der Waals surface area contributed by atoms with Gasteiger partial charge in [0.25, 0.3) is 0 Å². The van der Waals surface area contributed by atoms with Crippen molar-refractivity contribution < 1.29 is 28.2 Å². The Kier molecular flexibility index (Phi) is 7.69. The summed E-state index contributed by atoms with van der Waals surface area (Å²) in [6.45, 7) is 6.16. The van der Waals surface area contributed by atoms with Crippen molar-refractivity contribution in [1.82, 2.24) is 9.38 Å². The van der Waals surface area contributed by atoms with E-state index in [1.165, 1.54) is 28.7 Å². The Morgan fingerprint density at radius 3 is 2.57 bits per heavy atom. The minimum absolute atomic E-state index is 0.0193. The molecule has 0 saturated carbocycles. The van der Waals surface area contributed by atoms with E-state index in [9.17, 15) is 18.7 Å². The molecule has 0 spiro atoms. The Morgan fingerprint density at radius 2 is 1.93 bits per heavy atom. The zero-order chi connectivity index (χ0) is 22.3. The lowest BCUT2D eigenvalue weighted by Gasteiger charge is -2.14. The lowest BCUT2D eigenvalue weighted by molar-refractivity contribution is -0.0511. The Hall–Kier alpha value is -3.68. The number of ether oxygens (including phenoxy) is 2. The number of aromatic carboxylic acids is 1. The number of para-hydroxylation sites is 1. The SMILES string of the molecule is C=C(C)Oc1c(/C=C/c2nc3ccccn3c2C(=O)O)cccc1OC(F)F.CC. The molecule has 3 rings (SSSR count). The van der Waals surface area contributed by atoms with Gasteiger partial charge in [-0.3, -0.25) is 4.40 Å². The van der Waals surface area contributed by atoms with Gasteiger partial charge >= 0.3 is 12.6 Å². The van der Waals surface area contributed by atoms with E-state index in [1.807, 2.05) is 13.8 Å². The van der Waals surface area contributed by atoms with Gasteiger partial charge in [-0.05, 0) is 37.3 Å². The standard InChI is InChI=1S/C20H16F2N2O4.C2H6/c1-12(2)27-18-13(6-5-7-15(18)28-20(21)22)9-10-14-17(19(25)26)24-11-4-3-8-16(24)23-14;1-2/h3-11,20H,1H2,2H3,(H,25,26);1-2H3/b10-9+;. The van der Waals surface area contributed by atoms with Crippen LogP contribution in [-0.2, 0) is 0 Å². The Balaban J connectivity index is 0.00000155. The Bertz CT molecular complexity index is 1070. The fourth-order valence-electron chi connectivity index (χ4n) is 2.65. The number of hydrogen-bond acceptors (Lipinski definition) is 4. The van der Waals surface area contributed by atoms with Gasteiger partial charge in [-0.25, -0.2) is 9.78 Å². The summed E-state index contributed by atoms with van der Waals surface area (Å²) in [5.41, 5.74) is 1.05. The normalized spacial score (nSPS) is 10.7. The third kappa shape index (κ3) is 5.22. The zero-order valence-electron chi connectivity index (χ0n) is 16.8. The summed E-state index contributed by atoms with van der Waals surface area (Å²) in [5, 5.41) is 9.53. The molecular weight excluding hydrogens is 394 g/mol. The van der Waals surface area contributed by atoms with Gasteiger partial charge in [-0.15, -0.1) is 0 Å². The highest BCUT2D eigenvalue weighted by molar-refractivity contribution is 5.92. The summed E-state index contributed by atoms with van der Waals surface area (Å²) in [5.74, 6) is -0.980. The smallest absolute Gasteiger partial charge is 0.387 e. The van der Waals surface area contributed by atoms with E-state index in [4.69, 9.17) is 4.74 Å². The molecule has 0 unspecified atom stereocenters. The molecule has 6 nitrogen and oxygen atoms in total. The number of benzene rings is 1. The number of carboxylic acid groups (broad SMARTS) is 1. The van der Waals surface area contributed by atoms with Gasteiger partial charge < -0.3 is 14.6 Å². The molecule has 8 heteroatoms. The number of alkyl halides is 2. The first-order chi connectivity index (χ1) is 14.4. The number of aromatic nitrogens is 2. The number of imidazole rings is 1. The van der Waals surface area contributed by atoms with Gasteiger partial charge in [0.1, 0.15) is 5.65 Å². The molecule has 158 valence electrons. The van der Waals surface area contributed by atoms with E-state index in [0.29, 0.717) is 11.2 Å². The minimum Gasteiger partial charge on any atom is -0.476 e. The first kappa shape index (κ1) is 22.6. The maximum Gasteiger partial charge on any atom is 0.387 e. The number of halogens is 2. The minimum atomic E-state index is -3.02. The molecule has 0 radical (unpaired) electrons. The van der Waals surface area contributed by atoms with Crippen LogP contribution in [0, 0.1) is 0 Å². The maximum absolute atomic E-state index is 12.7. The number of carbonyl (C=O) groups is 1. The molecule has 3 aromatic rings. The van der Waals surface area contributed by atoms with E-state index < -0.39 is 12.6 Å². The van der Waals surface area contributed by atoms with Gasteiger partial charge in [0.15, 0.2) is 17.2 Å². The second-order valence-corrected chi connectivity index (χ2v) is 5.77. The third-order valence-corrected chi connectivity index (χ3v) is 3.68. The first-order valence-corrected chi connectivity index (χ1v) is 9.16. The number of pyridine rings is 1. The zero-order valence-corrected chi connectivity index (χ0v) is 16.8. The van der Waals surface area contributed by atoms with Crippen LogP contribution in [0.15, 0.2) is 54.9 Å². The lowest BCUT2D eigenvalue weighted by Crippen LogP contribution is -2.05. The molecule has 2 heterocycles. The van der Waals surface area contributed by atoms with Gasteiger partial charge in [-0.2, -0.15) is 8.78 Å². The van der Waals surface area contributed by atoms with Crippen LogP contribution in [0.3, 0.4) is 0 Å². The number of allylic oxidation sites excluding steroid dienone is 1. The quantitative estimate of drug-likeness (QED) is 0.497. The van der Waals surface area contributed by atoms with Gasteiger partial charge in [-0.1, -0.05) is 38.6 Å². The van der Waals surface area contributed by atoms with E-state index in [0.717, 1.165) is 0 Å². The highest BCUT2D eigenvalue weighted by Gasteiger charge is 2.18. The van der Waals surface area contributed by atoms with E-state index >= 15 is 0 Å². The summed E-state index contributed by atoms with van der Waals surface area (Å²) in [4.78, 5) is 16.0. The molecule has 1 N–H and O–H groups in total. The van der Waals surface area contributed by atoms with Gasteiger partial charge in [0, 0.05) is 11.8 Å². The molecule has 1 aromatic carbocycles. The second-order valence-electron chi connectivity index (χ2n) is 5.77. The number of nitrogens with zero attached hydrogens (tertiary/aromatic N) is 2. The van der Waals surface area contributed by atoms with Crippen LogP contribution in [0.5, 0.6) is 11.5 Å². The summed E-state index contributed by atoms with van der Waals surface area (Å²) in [6, 6.07) is 9.59. The number of hydrogen-bond donors (Lipinski definition) is 1. The molecule has 0 aliphatic heterocycles. The fourth-order valence-corrected chi connectivity index (χ4v) is 2.65. The van der Waals surface area contributed by atoms with Crippen molar-refractivity contribution in [3.63, 3.8) is 0 Å². The number of rotatable bonds is 7. The molecule has 0 aliphatic carbocycles. The summed E-state index contributed by atoms with van der Waals surface area (Å²) < 4.78 is 36.8. The summed E-state index contributed by atoms with van der Waals surface area (Å²) in [7, 11) is 0. The average molecular weight is 416 g/mol. The molecule has 2 aromatic heterocycles. The van der Waals surface area contributed by atoms with Gasteiger partial charge in [0.2, 0.25) is 0 Å². The van der Waals surface area contributed by atoms with Crippen molar-refractivity contribution in [1.29, 1.82) is 0 Å². The summed E-state index contributed by atoms with van der Waals surface area (Å²) in [6.07, 6.45) is 4.59. The van der Waals surface area contributed by atoms with Crippen molar-refractivity contribution in [3.8, 4) is 11.5 Å². The first-order valence-electron chi connectivity index (χ1n) is 9.16. The van der Waals surface area contributed by atoms with Crippen LogP contribution in [0.2, 0.25) is 0 Å². The molecule has 30 heavy (non-hydrogen) atoms. The van der Waals surface area contributed by atoms with Crippen molar-refractivity contribution in [2.45, 2.75) is 27.4 Å². The van der Waals surface area contributed by atoms with Crippen molar-refractivity contribution >= 4 is 23.8 Å². The Morgan fingerprint density at radius 1 is 1.20 bits per heavy atom. The van der Waals surface area contributed by atoms with Crippen molar-refractivity contribution in [2.75, 3.05) is 0 Å². The van der Waals surface area contributed by atoms with Crippen LogP contribution < -0.4 is 9.47 Å². The highest BCUT2D eigenvalue weighted by Crippen LogP contribution is 2.35. The predicted molar refractivity (Wildman–Crippen MR) is 111 cm³/mol. The largest absolute Gasteiger partial charge is 0.476 e. The average Bonchev–Trinajstić information content (AvgIpc) is 3.07. The Labute approximate surface area is 172 Å². The molecule has 0 atom stereocenters. The third-order valence-electron chi connectivity index (χ3n) is 3.68. The second kappa shape index (κ2) is 10.2. The van der Waals surface area contributed by atoms with E-state index in [-0.39, 0.29) is 28.6 Å². The van der Waals surface area contributed by atoms with Crippen LogP contribution in [0.25, 0.3) is 17.8 Å². The molecule has 0 saturated heterocycles. The van der Waals surface area contributed by atoms with Crippen molar-refractivity contribution in [3.05, 3.63) is 71.9 Å². The van der Waals surface area contributed by atoms with Crippen molar-refractivity contribution in [2.24, 2.45) is 0 Å². The monoisotopic (exact) mass is 416 g/mol. The molecule has 0 amide bonds. The maximum atomic E-state index is 12.7. The topological polar surface area (TPSA) is 73.1 Å². The lowest BCUT2D eigenvalue weighted by atomic mass is 10.1. The van der Waals surface area contributed by atoms with Crippen LogP contribution in [0.4, 0.5) is 8.78 Å². The van der Waals surface area contributed by atoms with E-state index in [1.54, 1.807) is 37.4 Å². The summed E-state index contributed by atoms with van der Waals surface area (Å²) >= 11 is 0. The molecule has 0 aliphatic rings. The van der Waals surface area contributed by atoms with Gasteiger partial charge in [0.05, 0.1) is 11.5 Å². The highest BCUT2D eigenvalue weighted by atomic mass is 19.3. The number of carboxylic acids is 1. The van der Waals surface area contributed by atoms with E-state index in [2.05, 4.69) is 16.3 Å². The number of fused-ring (bicyclic) bond motifs is 1. The molecule has 0 bridgehead atoms. The molecular formula is C22H22F2N2O4. The predicted octanol–water partition coefficient (Wildman–Crippen LogP) is 5.74.